The summed E-state index contributed by atoms with van der Waals surface area (Å²) in [5.74, 6) is 1.81. The minimum absolute atomic E-state index is 0.495. The molecule has 1 saturated heterocycles. The van der Waals surface area contributed by atoms with E-state index in [1.54, 1.807) is 0 Å². The topological polar surface area (TPSA) is 24.1 Å². The van der Waals surface area contributed by atoms with Gasteiger partial charge in [0.2, 0.25) is 0 Å². The lowest BCUT2D eigenvalue weighted by atomic mass is 9.68. The van der Waals surface area contributed by atoms with Crippen molar-refractivity contribution >= 4 is 0 Å². The Hall–Kier alpha value is -0.0800. The molecule has 2 N–H and O–H groups in total. The predicted octanol–water partition coefficient (Wildman–Crippen LogP) is 1.93. The molecule has 2 rings (SSSR count). The summed E-state index contributed by atoms with van der Waals surface area (Å²) in [6.07, 6.45) is 4.20. The summed E-state index contributed by atoms with van der Waals surface area (Å²) in [6, 6.07) is 0.748. The van der Waals surface area contributed by atoms with Crippen LogP contribution in [0.1, 0.15) is 40.0 Å². The molecule has 1 saturated carbocycles. The Balaban J connectivity index is 1.97. The highest BCUT2D eigenvalue weighted by Gasteiger charge is 2.37. The Morgan fingerprint density at radius 3 is 2.62 bits per heavy atom. The van der Waals surface area contributed by atoms with Crippen molar-refractivity contribution < 1.29 is 0 Å². The monoisotopic (exact) mass is 182 g/mol. The van der Waals surface area contributed by atoms with E-state index in [4.69, 9.17) is 0 Å². The van der Waals surface area contributed by atoms with Crippen LogP contribution in [0.3, 0.4) is 0 Å². The van der Waals surface area contributed by atoms with Gasteiger partial charge in [-0.2, -0.15) is 0 Å². The molecule has 3 atom stereocenters. The molecule has 2 fully saturated rings. The summed E-state index contributed by atoms with van der Waals surface area (Å²) >= 11 is 0. The molecule has 76 valence electrons. The molecule has 0 spiro atoms. The molecular formula is C11H22N2. The van der Waals surface area contributed by atoms with Gasteiger partial charge in [0.15, 0.2) is 0 Å². The van der Waals surface area contributed by atoms with Crippen molar-refractivity contribution in [1.29, 1.82) is 0 Å². The normalized spacial score (nSPS) is 40.4. The van der Waals surface area contributed by atoms with Gasteiger partial charge in [-0.3, -0.25) is 10.9 Å². The third-order valence-corrected chi connectivity index (χ3v) is 3.87. The summed E-state index contributed by atoms with van der Waals surface area (Å²) in [5.41, 5.74) is 7.19. The largest absolute Gasteiger partial charge is 0.257 e. The highest BCUT2D eigenvalue weighted by Crippen LogP contribution is 2.40. The molecule has 2 nitrogen and oxygen atoms in total. The maximum atomic E-state index is 3.41. The zero-order chi connectivity index (χ0) is 9.47. The van der Waals surface area contributed by atoms with Gasteiger partial charge in [0, 0.05) is 12.6 Å². The van der Waals surface area contributed by atoms with Crippen LogP contribution in [0.15, 0.2) is 0 Å². The number of hydrazine groups is 1. The fourth-order valence-corrected chi connectivity index (χ4v) is 2.76. The predicted molar refractivity (Wildman–Crippen MR) is 55.2 cm³/mol. The van der Waals surface area contributed by atoms with Gasteiger partial charge in [-0.05, 0) is 36.5 Å². The number of hydrogen-bond donors (Lipinski definition) is 2. The minimum atomic E-state index is 0.495. The van der Waals surface area contributed by atoms with E-state index in [0.29, 0.717) is 5.41 Å². The molecule has 2 heteroatoms. The van der Waals surface area contributed by atoms with Gasteiger partial charge in [-0.25, -0.2) is 0 Å². The van der Waals surface area contributed by atoms with Gasteiger partial charge < -0.3 is 0 Å². The molecule has 0 aromatic heterocycles. The van der Waals surface area contributed by atoms with Crippen LogP contribution in [0.4, 0.5) is 0 Å². The number of fused-ring (bicyclic) bond motifs is 1. The third-order valence-electron chi connectivity index (χ3n) is 3.87. The number of rotatable bonds is 0. The zero-order valence-electron chi connectivity index (χ0n) is 9.06. The van der Waals surface area contributed by atoms with E-state index < -0.39 is 0 Å². The Kier molecular flexibility index (Phi) is 2.37. The second-order valence-electron chi connectivity index (χ2n) is 5.77. The molecule has 13 heavy (non-hydrogen) atoms. The maximum absolute atomic E-state index is 3.41. The lowest BCUT2D eigenvalue weighted by Crippen LogP contribution is -2.39. The Bertz CT molecular complexity index is 183. The van der Waals surface area contributed by atoms with E-state index in [9.17, 15) is 0 Å². The first-order valence-electron chi connectivity index (χ1n) is 5.56. The first-order valence-corrected chi connectivity index (χ1v) is 5.56. The number of nitrogens with one attached hydrogen (secondary N) is 2. The van der Waals surface area contributed by atoms with Gasteiger partial charge in [-0.1, -0.05) is 20.8 Å². The average Bonchev–Trinajstić information content (AvgIpc) is 2.47. The van der Waals surface area contributed by atoms with E-state index >= 15 is 0 Å². The van der Waals surface area contributed by atoms with E-state index in [1.807, 2.05) is 0 Å². The first-order chi connectivity index (χ1) is 6.07. The standard InChI is InChI=1S/C11H22N2/c1-11(2,3)9-5-4-8-7-12-13-10(8)6-9/h8-10,12-13H,4-7H2,1-3H3. The molecule has 1 aliphatic carbocycles. The van der Waals surface area contributed by atoms with E-state index in [2.05, 4.69) is 31.6 Å². The highest BCUT2D eigenvalue weighted by molar-refractivity contribution is 4.92. The molecule has 3 unspecified atom stereocenters. The van der Waals surface area contributed by atoms with Gasteiger partial charge in [0.05, 0.1) is 0 Å². The van der Waals surface area contributed by atoms with Gasteiger partial charge in [0.25, 0.3) is 0 Å². The summed E-state index contributed by atoms with van der Waals surface area (Å²) in [5, 5.41) is 0. The fourth-order valence-electron chi connectivity index (χ4n) is 2.76. The quantitative estimate of drug-likeness (QED) is 0.598. The van der Waals surface area contributed by atoms with Gasteiger partial charge in [0.1, 0.15) is 0 Å². The molecular weight excluding hydrogens is 160 g/mol. The Morgan fingerprint density at radius 1 is 1.15 bits per heavy atom. The first kappa shape index (κ1) is 9.47. The fraction of sp³-hybridized carbons (Fsp3) is 1.00. The van der Waals surface area contributed by atoms with Crippen LogP contribution in [0, 0.1) is 17.3 Å². The summed E-state index contributed by atoms with van der Waals surface area (Å²) in [4.78, 5) is 0. The van der Waals surface area contributed by atoms with Crippen LogP contribution in [-0.2, 0) is 0 Å². The Morgan fingerprint density at radius 2 is 1.92 bits per heavy atom. The second kappa shape index (κ2) is 3.25. The van der Waals surface area contributed by atoms with Crippen molar-refractivity contribution in [3.63, 3.8) is 0 Å². The average molecular weight is 182 g/mol. The van der Waals surface area contributed by atoms with Crippen LogP contribution in [0.2, 0.25) is 0 Å². The SMILES string of the molecule is CC(C)(C)C1CCC2CNNC2C1. The summed E-state index contributed by atoms with van der Waals surface area (Å²) in [7, 11) is 0. The van der Waals surface area contributed by atoms with Crippen LogP contribution in [0.5, 0.6) is 0 Å². The van der Waals surface area contributed by atoms with Crippen molar-refractivity contribution in [3.8, 4) is 0 Å². The highest BCUT2D eigenvalue weighted by atomic mass is 15.4. The molecule has 0 bridgehead atoms. The van der Waals surface area contributed by atoms with Gasteiger partial charge >= 0.3 is 0 Å². The molecule has 1 heterocycles. The lowest BCUT2D eigenvalue weighted by molar-refractivity contribution is 0.139. The van der Waals surface area contributed by atoms with E-state index in [1.165, 1.54) is 25.8 Å². The second-order valence-corrected chi connectivity index (χ2v) is 5.77. The molecule has 2 aliphatic rings. The van der Waals surface area contributed by atoms with Crippen molar-refractivity contribution in [2.45, 2.75) is 46.1 Å². The zero-order valence-corrected chi connectivity index (χ0v) is 9.06. The summed E-state index contributed by atoms with van der Waals surface area (Å²) in [6.45, 7) is 8.31. The van der Waals surface area contributed by atoms with Crippen LogP contribution >= 0.6 is 0 Å². The molecule has 0 aromatic carbocycles. The number of hydrogen-bond acceptors (Lipinski definition) is 2. The molecule has 0 amide bonds. The minimum Gasteiger partial charge on any atom is -0.257 e. The summed E-state index contributed by atoms with van der Waals surface area (Å²) < 4.78 is 0. The van der Waals surface area contributed by atoms with Crippen LogP contribution in [0.25, 0.3) is 0 Å². The molecule has 1 aliphatic heterocycles. The Labute approximate surface area is 81.4 Å². The lowest BCUT2D eigenvalue weighted by Gasteiger charge is -2.38. The van der Waals surface area contributed by atoms with Crippen LogP contribution < -0.4 is 10.9 Å². The van der Waals surface area contributed by atoms with Crippen molar-refractivity contribution in [3.05, 3.63) is 0 Å². The third kappa shape index (κ3) is 1.89. The van der Waals surface area contributed by atoms with Crippen molar-refractivity contribution in [2.75, 3.05) is 6.54 Å². The maximum Gasteiger partial charge on any atom is 0.0256 e. The van der Waals surface area contributed by atoms with Crippen LogP contribution in [-0.4, -0.2) is 12.6 Å². The van der Waals surface area contributed by atoms with Crippen molar-refractivity contribution in [1.82, 2.24) is 10.9 Å². The van der Waals surface area contributed by atoms with Gasteiger partial charge in [-0.15, -0.1) is 0 Å². The molecule has 0 aromatic rings. The molecule has 0 radical (unpaired) electrons. The van der Waals surface area contributed by atoms with E-state index in [0.717, 1.165) is 17.9 Å². The van der Waals surface area contributed by atoms with Crippen molar-refractivity contribution in [2.24, 2.45) is 17.3 Å². The van der Waals surface area contributed by atoms with E-state index in [-0.39, 0.29) is 0 Å². The smallest absolute Gasteiger partial charge is 0.0256 e.